The second kappa shape index (κ2) is 7.81. The Balaban J connectivity index is 0.00000182. The number of nitrogens with one attached hydrogen (secondary N) is 2. The molecule has 4 rings (SSSR count). The summed E-state index contributed by atoms with van der Waals surface area (Å²) < 4.78 is 1.80. The van der Waals surface area contributed by atoms with Crippen LogP contribution < -0.4 is 10.6 Å². The lowest BCUT2D eigenvalue weighted by Crippen LogP contribution is -2.38. The Morgan fingerprint density at radius 3 is 3.00 bits per heavy atom. The summed E-state index contributed by atoms with van der Waals surface area (Å²) >= 11 is 1.88. The smallest absolute Gasteiger partial charge is 0.225 e. The normalized spacial score (nSPS) is 25.1. The quantitative estimate of drug-likeness (QED) is 0.861. The molecule has 0 radical (unpaired) electrons. The van der Waals surface area contributed by atoms with Gasteiger partial charge in [0, 0.05) is 42.9 Å². The van der Waals surface area contributed by atoms with Gasteiger partial charge in [-0.15, -0.1) is 24.2 Å². The topological polar surface area (TPSA) is 59.0 Å². The van der Waals surface area contributed by atoms with Crippen molar-refractivity contribution in [3.8, 4) is 0 Å². The summed E-state index contributed by atoms with van der Waals surface area (Å²) in [6.07, 6.45) is 4.89. The van der Waals surface area contributed by atoms with Gasteiger partial charge in [0.15, 0.2) is 0 Å². The van der Waals surface area contributed by atoms with E-state index in [1.807, 2.05) is 31.2 Å². The number of hydrogen-bond donors (Lipinski definition) is 2. The number of aromatic nitrogens is 2. The number of halogens is 1. The van der Waals surface area contributed by atoms with Gasteiger partial charge in [-0.05, 0) is 23.6 Å². The molecule has 2 aromatic rings. The van der Waals surface area contributed by atoms with E-state index < -0.39 is 0 Å². The highest BCUT2D eigenvalue weighted by Gasteiger charge is 2.36. The molecule has 3 heterocycles. The highest BCUT2D eigenvalue weighted by molar-refractivity contribution is 7.99. The molecule has 1 fully saturated rings. The standard InChI is InChI=1S/C18H22N4OS.ClH/c1-22-11-12(8-20-22)14-9-19-10-15(14)18(23)21-16-6-7-24-17-5-3-2-4-13(16)17;/h2-5,8,11,14-16,19H,6-7,9-10H2,1H3,(H,21,23);1H/t14-,15+,16?;/m1./s1. The molecule has 2 aliphatic rings. The molecule has 0 aliphatic carbocycles. The van der Waals surface area contributed by atoms with Crippen LogP contribution in [0.2, 0.25) is 0 Å². The van der Waals surface area contributed by atoms with E-state index in [9.17, 15) is 4.79 Å². The fourth-order valence-electron chi connectivity index (χ4n) is 3.71. The van der Waals surface area contributed by atoms with E-state index in [-0.39, 0.29) is 36.2 Å². The van der Waals surface area contributed by atoms with Crippen molar-refractivity contribution in [1.82, 2.24) is 20.4 Å². The minimum Gasteiger partial charge on any atom is -0.349 e. The minimum absolute atomic E-state index is 0. The highest BCUT2D eigenvalue weighted by Crippen LogP contribution is 2.36. The molecule has 5 nitrogen and oxygen atoms in total. The zero-order chi connectivity index (χ0) is 16.5. The van der Waals surface area contributed by atoms with Crippen LogP contribution in [0.25, 0.3) is 0 Å². The van der Waals surface area contributed by atoms with Gasteiger partial charge in [0.25, 0.3) is 0 Å². The SMILES string of the molecule is Cl.Cn1cc([C@H]2CNC[C@@H]2C(=O)NC2CCSc3ccccc32)cn1. The predicted octanol–water partition coefficient (Wildman–Crippen LogP) is 2.50. The van der Waals surface area contributed by atoms with E-state index in [2.05, 4.69) is 40.0 Å². The van der Waals surface area contributed by atoms with E-state index in [1.54, 1.807) is 4.68 Å². The van der Waals surface area contributed by atoms with Crippen molar-refractivity contribution in [2.24, 2.45) is 13.0 Å². The molecule has 1 aromatic heterocycles. The molecule has 1 aromatic carbocycles. The van der Waals surface area contributed by atoms with Crippen LogP contribution in [0.15, 0.2) is 41.6 Å². The minimum atomic E-state index is -0.0315. The maximum Gasteiger partial charge on any atom is 0.225 e. The first-order chi connectivity index (χ1) is 11.7. The fraction of sp³-hybridized carbons (Fsp3) is 0.444. The van der Waals surface area contributed by atoms with Gasteiger partial charge in [-0.2, -0.15) is 5.10 Å². The third-order valence-electron chi connectivity index (χ3n) is 4.98. The number of hydrogen-bond acceptors (Lipinski definition) is 4. The maximum absolute atomic E-state index is 12.9. The largest absolute Gasteiger partial charge is 0.349 e. The summed E-state index contributed by atoms with van der Waals surface area (Å²) in [7, 11) is 1.91. The van der Waals surface area contributed by atoms with Gasteiger partial charge >= 0.3 is 0 Å². The van der Waals surface area contributed by atoms with Gasteiger partial charge in [0.2, 0.25) is 5.91 Å². The van der Waals surface area contributed by atoms with Crippen LogP contribution in [0.3, 0.4) is 0 Å². The van der Waals surface area contributed by atoms with Crippen LogP contribution in [0.5, 0.6) is 0 Å². The van der Waals surface area contributed by atoms with Crippen molar-refractivity contribution in [2.45, 2.75) is 23.3 Å². The van der Waals surface area contributed by atoms with Crippen LogP contribution in [0, 0.1) is 5.92 Å². The van der Waals surface area contributed by atoms with Crippen molar-refractivity contribution in [3.63, 3.8) is 0 Å². The molecular weight excluding hydrogens is 356 g/mol. The average molecular weight is 379 g/mol. The molecule has 134 valence electrons. The van der Waals surface area contributed by atoms with E-state index >= 15 is 0 Å². The van der Waals surface area contributed by atoms with Gasteiger partial charge in [-0.25, -0.2) is 0 Å². The average Bonchev–Trinajstić information content (AvgIpc) is 3.24. The van der Waals surface area contributed by atoms with Crippen LogP contribution in [-0.2, 0) is 11.8 Å². The third-order valence-corrected chi connectivity index (χ3v) is 6.10. The second-order valence-electron chi connectivity index (χ2n) is 6.55. The number of rotatable bonds is 3. The molecule has 1 unspecified atom stereocenters. The molecule has 1 saturated heterocycles. The van der Waals surface area contributed by atoms with E-state index in [0.29, 0.717) is 0 Å². The number of benzene rings is 1. The highest BCUT2D eigenvalue weighted by atomic mass is 35.5. The lowest BCUT2D eigenvalue weighted by atomic mass is 9.89. The van der Waals surface area contributed by atoms with Gasteiger partial charge in [-0.1, -0.05) is 18.2 Å². The number of aryl methyl sites for hydroxylation is 1. The maximum atomic E-state index is 12.9. The third kappa shape index (κ3) is 3.71. The number of carbonyl (C=O) groups excluding carboxylic acids is 1. The summed E-state index contributed by atoms with van der Waals surface area (Å²) in [6, 6.07) is 8.53. The Hall–Kier alpha value is -1.50. The van der Waals surface area contributed by atoms with Crippen LogP contribution >= 0.6 is 24.2 Å². The first-order valence-corrected chi connectivity index (χ1v) is 9.42. The van der Waals surface area contributed by atoms with Gasteiger partial charge in [0.1, 0.15) is 0 Å². The Morgan fingerprint density at radius 2 is 2.20 bits per heavy atom. The Labute approximate surface area is 158 Å². The lowest BCUT2D eigenvalue weighted by molar-refractivity contribution is -0.125. The number of fused-ring (bicyclic) bond motifs is 1. The Bertz CT molecular complexity index is 750. The van der Waals surface area contributed by atoms with Crippen LogP contribution in [-0.4, -0.2) is 34.5 Å². The first kappa shape index (κ1) is 18.3. The van der Waals surface area contributed by atoms with Crippen molar-refractivity contribution >= 4 is 30.1 Å². The molecule has 1 amide bonds. The first-order valence-electron chi connectivity index (χ1n) is 8.44. The molecular formula is C18H23ClN4OS. The lowest BCUT2D eigenvalue weighted by Gasteiger charge is -2.28. The number of amides is 1. The monoisotopic (exact) mass is 378 g/mol. The van der Waals surface area contributed by atoms with Crippen molar-refractivity contribution in [3.05, 3.63) is 47.8 Å². The molecule has 2 N–H and O–H groups in total. The Morgan fingerprint density at radius 1 is 1.36 bits per heavy atom. The summed E-state index contributed by atoms with van der Waals surface area (Å²) in [5.41, 5.74) is 2.40. The van der Waals surface area contributed by atoms with Gasteiger partial charge < -0.3 is 10.6 Å². The van der Waals surface area contributed by atoms with Crippen LogP contribution in [0.1, 0.15) is 29.5 Å². The van der Waals surface area contributed by atoms with Crippen LogP contribution in [0.4, 0.5) is 0 Å². The zero-order valence-corrected chi connectivity index (χ0v) is 15.8. The molecule has 0 spiro atoms. The number of carbonyl (C=O) groups is 1. The molecule has 2 aliphatic heterocycles. The van der Waals surface area contributed by atoms with Crippen molar-refractivity contribution < 1.29 is 4.79 Å². The summed E-state index contributed by atoms with van der Waals surface area (Å²) in [6.45, 7) is 1.56. The fourth-order valence-corrected chi connectivity index (χ4v) is 4.83. The number of thioether (sulfide) groups is 1. The molecule has 0 saturated carbocycles. The summed E-state index contributed by atoms with van der Waals surface area (Å²) in [4.78, 5) is 14.2. The van der Waals surface area contributed by atoms with Gasteiger partial charge in [-0.3, -0.25) is 9.48 Å². The van der Waals surface area contributed by atoms with E-state index in [0.717, 1.165) is 30.8 Å². The predicted molar refractivity (Wildman–Crippen MR) is 102 cm³/mol. The molecule has 3 atom stereocenters. The molecule has 25 heavy (non-hydrogen) atoms. The van der Waals surface area contributed by atoms with E-state index in [1.165, 1.54) is 10.5 Å². The summed E-state index contributed by atoms with van der Waals surface area (Å²) in [5, 5.41) is 10.9. The number of nitrogens with zero attached hydrogens (tertiary/aromatic N) is 2. The summed E-state index contributed by atoms with van der Waals surface area (Å²) in [5.74, 6) is 1.38. The zero-order valence-electron chi connectivity index (χ0n) is 14.1. The second-order valence-corrected chi connectivity index (χ2v) is 7.69. The van der Waals surface area contributed by atoms with Crippen molar-refractivity contribution in [1.29, 1.82) is 0 Å². The molecule has 0 bridgehead atoms. The van der Waals surface area contributed by atoms with E-state index in [4.69, 9.17) is 0 Å². The van der Waals surface area contributed by atoms with Crippen molar-refractivity contribution in [2.75, 3.05) is 18.8 Å². The Kier molecular flexibility index (Phi) is 5.71. The van der Waals surface area contributed by atoms with Gasteiger partial charge in [0.05, 0.1) is 18.2 Å². The molecule has 7 heteroatoms.